The van der Waals surface area contributed by atoms with Gasteiger partial charge in [0.2, 0.25) is 0 Å². The molecule has 3 saturated heterocycles. The van der Waals surface area contributed by atoms with E-state index in [0.29, 0.717) is 58.8 Å². The van der Waals surface area contributed by atoms with Crippen molar-refractivity contribution in [1.29, 1.82) is 0 Å². The molecule has 0 aliphatic carbocycles. The van der Waals surface area contributed by atoms with Crippen molar-refractivity contribution in [2.75, 3.05) is 45.9 Å². The lowest BCUT2D eigenvalue weighted by atomic mass is 10.1. The Morgan fingerprint density at radius 3 is 2.29 bits per heavy atom. The molecule has 0 bridgehead atoms. The number of nitrogens with zero attached hydrogens (tertiary/aromatic N) is 2. The minimum Gasteiger partial charge on any atom is -0.347 e. The minimum atomic E-state index is -3.35. The van der Waals surface area contributed by atoms with Gasteiger partial charge in [-0.2, -0.15) is 17.0 Å². The molecule has 3 aliphatic heterocycles. The normalized spacial score (nSPS) is 31.2. The number of piperazine rings is 1. The second-order valence-electron chi connectivity index (χ2n) is 5.73. The predicted molar refractivity (Wildman–Crippen MR) is 80.6 cm³/mol. The lowest BCUT2D eigenvalue weighted by molar-refractivity contribution is -0.179. The molecule has 0 amide bonds. The Hall–Kier alpha value is 0.0400. The topological polar surface area (TPSA) is 71.1 Å². The summed E-state index contributed by atoms with van der Waals surface area (Å²) in [4.78, 5) is 0. The molecule has 3 rings (SSSR count). The van der Waals surface area contributed by atoms with Crippen LogP contribution in [0.3, 0.4) is 0 Å². The summed E-state index contributed by atoms with van der Waals surface area (Å²) in [6.45, 7) is 5.97. The summed E-state index contributed by atoms with van der Waals surface area (Å²) in [5, 5.41) is 3.26. The van der Waals surface area contributed by atoms with Gasteiger partial charge in [0, 0.05) is 51.6 Å². The summed E-state index contributed by atoms with van der Waals surface area (Å²) in [5.41, 5.74) is 0. The predicted octanol–water partition coefficient (Wildman–Crippen LogP) is -0.214. The van der Waals surface area contributed by atoms with Gasteiger partial charge in [-0.05, 0) is 6.92 Å². The Morgan fingerprint density at radius 2 is 1.71 bits per heavy atom. The summed E-state index contributed by atoms with van der Waals surface area (Å²) >= 11 is 0. The molecule has 1 N–H and O–H groups in total. The molecule has 1 atom stereocenters. The number of hydrogen-bond acceptors (Lipinski definition) is 5. The van der Waals surface area contributed by atoms with E-state index in [1.807, 2.05) is 6.92 Å². The van der Waals surface area contributed by atoms with Gasteiger partial charge >= 0.3 is 0 Å². The summed E-state index contributed by atoms with van der Waals surface area (Å²) < 4.78 is 39.7. The van der Waals surface area contributed by atoms with E-state index in [0.717, 1.165) is 0 Å². The van der Waals surface area contributed by atoms with E-state index in [4.69, 9.17) is 9.47 Å². The first-order chi connectivity index (χ1) is 9.52. The number of ether oxygens (including phenoxy) is 2. The molecule has 7 nitrogen and oxygen atoms in total. The van der Waals surface area contributed by atoms with Crippen molar-refractivity contribution in [3.05, 3.63) is 0 Å². The van der Waals surface area contributed by atoms with Gasteiger partial charge in [-0.3, -0.25) is 0 Å². The fourth-order valence-electron chi connectivity index (χ4n) is 3.11. The molecule has 124 valence electrons. The summed E-state index contributed by atoms with van der Waals surface area (Å²) in [6.07, 6.45) is 1.24. The van der Waals surface area contributed by atoms with E-state index in [1.165, 1.54) is 0 Å². The van der Waals surface area contributed by atoms with Crippen LogP contribution >= 0.6 is 12.4 Å². The second-order valence-corrected chi connectivity index (χ2v) is 7.66. The van der Waals surface area contributed by atoms with Crippen LogP contribution < -0.4 is 5.32 Å². The average molecular weight is 342 g/mol. The van der Waals surface area contributed by atoms with Gasteiger partial charge in [0.15, 0.2) is 5.79 Å². The molecule has 0 saturated carbocycles. The Morgan fingerprint density at radius 1 is 1.10 bits per heavy atom. The second kappa shape index (κ2) is 6.66. The third-order valence-corrected chi connectivity index (χ3v) is 6.28. The van der Waals surface area contributed by atoms with Crippen molar-refractivity contribution in [3.63, 3.8) is 0 Å². The van der Waals surface area contributed by atoms with Gasteiger partial charge < -0.3 is 14.8 Å². The quantitative estimate of drug-likeness (QED) is 0.752. The minimum absolute atomic E-state index is 0. The van der Waals surface area contributed by atoms with Gasteiger partial charge in [-0.15, -0.1) is 12.4 Å². The highest BCUT2D eigenvalue weighted by Crippen LogP contribution is 2.32. The van der Waals surface area contributed by atoms with Crippen LogP contribution in [0, 0.1) is 0 Å². The monoisotopic (exact) mass is 341 g/mol. The molecule has 0 aromatic rings. The van der Waals surface area contributed by atoms with Crippen molar-refractivity contribution >= 4 is 22.6 Å². The van der Waals surface area contributed by atoms with Crippen molar-refractivity contribution in [3.8, 4) is 0 Å². The van der Waals surface area contributed by atoms with E-state index in [9.17, 15) is 8.42 Å². The highest BCUT2D eigenvalue weighted by atomic mass is 35.5. The first kappa shape index (κ1) is 17.4. The zero-order valence-electron chi connectivity index (χ0n) is 12.3. The fourth-order valence-corrected chi connectivity index (χ4v) is 4.82. The fraction of sp³-hybridized carbons (Fsp3) is 1.00. The van der Waals surface area contributed by atoms with Gasteiger partial charge in [0.1, 0.15) is 0 Å². The van der Waals surface area contributed by atoms with E-state index in [1.54, 1.807) is 8.61 Å². The third-order valence-electron chi connectivity index (χ3n) is 4.28. The van der Waals surface area contributed by atoms with Crippen molar-refractivity contribution in [1.82, 2.24) is 13.9 Å². The van der Waals surface area contributed by atoms with E-state index >= 15 is 0 Å². The lowest BCUT2D eigenvalue weighted by Gasteiger charge is -2.40. The highest BCUT2D eigenvalue weighted by Gasteiger charge is 2.43. The van der Waals surface area contributed by atoms with Crippen LogP contribution in [0.1, 0.15) is 19.8 Å². The maximum absolute atomic E-state index is 12.6. The van der Waals surface area contributed by atoms with E-state index in [-0.39, 0.29) is 18.4 Å². The largest absolute Gasteiger partial charge is 0.347 e. The molecule has 1 spiro atoms. The highest BCUT2D eigenvalue weighted by molar-refractivity contribution is 7.86. The maximum atomic E-state index is 12.6. The van der Waals surface area contributed by atoms with Crippen LogP contribution in [0.5, 0.6) is 0 Å². The van der Waals surface area contributed by atoms with Crippen LogP contribution in [-0.4, -0.2) is 74.8 Å². The van der Waals surface area contributed by atoms with Crippen molar-refractivity contribution < 1.29 is 17.9 Å². The first-order valence-corrected chi connectivity index (χ1v) is 8.68. The summed E-state index contributed by atoms with van der Waals surface area (Å²) in [7, 11) is -3.35. The SMILES string of the molecule is CC1CN(S(=O)(=O)N2CCC3(CC2)OCCO3)CCN1.Cl. The number of halogens is 1. The number of nitrogens with one attached hydrogen (secondary N) is 1. The van der Waals surface area contributed by atoms with Gasteiger partial charge in [-0.25, -0.2) is 0 Å². The summed E-state index contributed by atoms with van der Waals surface area (Å²) in [5.74, 6) is -0.525. The first-order valence-electron chi connectivity index (χ1n) is 7.28. The molecule has 3 aliphatic rings. The molecule has 0 radical (unpaired) electrons. The Bertz CT molecular complexity index is 445. The maximum Gasteiger partial charge on any atom is 0.282 e. The van der Waals surface area contributed by atoms with Gasteiger partial charge in [0.25, 0.3) is 10.2 Å². The zero-order valence-corrected chi connectivity index (χ0v) is 13.9. The van der Waals surface area contributed by atoms with E-state index in [2.05, 4.69) is 5.32 Å². The zero-order chi connectivity index (χ0) is 14.2. The number of piperidine rings is 1. The molecular weight excluding hydrogens is 318 g/mol. The molecule has 3 fully saturated rings. The van der Waals surface area contributed by atoms with Crippen molar-refractivity contribution in [2.45, 2.75) is 31.6 Å². The van der Waals surface area contributed by atoms with Crippen LogP contribution in [0.15, 0.2) is 0 Å². The molecular formula is C12H24ClN3O4S. The molecule has 0 aromatic heterocycles. The molecule has 21 heavy (non-hydrogen) atoms. The standard InChI is InChI=1S/C12H23N3O4S.ClH/c1-11-10-15(7-4-13-11)20(16,17)14-5-2-12(3-6-14)18-8-9-19-12;/h11,13H,2-10H2,1H3;1H. The smallest absolute Gasteiger partial charge is 0.282 e. The van der Waals surface area contributed by atoms with Crippen LogP contribution in [0.25, 0.3) is 0 Å². The van der Waals surface area contributed by atoms with Crippen LogP contribution in [-0.2, 0) is 19.7 Å². The number of hydrogen-bond donors (Lipinski definition) is 1. The third kappa shape index (κ3) is 3.52. The molecule has 3 heterocycles. The number of rotatable bonds is 2. The van der Waals surface area contributed by atoms with Gasteiger partial charge in [-0.1, -0.05) is 0 Å². The Labute approximate surface area is 132 Å². The van der Waals surface area contributed by atoms with Crippen molar-refractivity contribution in [2.24, 2.45) is 0 Å². The molecule has 9 heteroatoms. The Kier molecular flexibility index (Phi) is 5.51. The summed E-state index contributed by atoms with van der Waals surface area (Å²) in [6, 6.07) is 0.205. The van der Waals surface area contributed by atoms with Gasteiger partial charge in [0.05, 0.1) is 13.2 Å². The molecule has 0 aromatic carbocycles. The average Bonchev–Trinajstić information content (AvgIpc) is 2.87. The van der Waals surface area contributed by atoms with Crippen LogP contribution in [0.4, 0.5) is 0 Å². The molecule has 1 unspecified atom stereocenters. The Balaban J connectivity index is 0.00000161. The van der Waals surface area contributed by atoms with Crippen LogP contribution in [0.2, 0.25) is 0 Å². The van der Waals surface area contributed by atoms with E-state index < -0.39 is 16.0 Å². The lowest BCUT2D eigenvalue weighted by Crippen LogP contribution is -2.57.